The van der Waals surface area contributed by atoms with Crippen LogP contribution in [-0.4, -0.2) is 38.5 Å². The van der Waals surface area contributed by atoms with Crippen LogP contribution in [0.15, 0.2) is 18.2 Å². The number of aliphatic hydroxyl groups is 1. The van der Waals surface area contributed by atoms with Gasteiger partial charge in [0.15, 0.2) is 0 Å². The zero-order valence-electron chi connectivity index (χ0n) is 13.3. The maximum absolute atomic E-state index is 9.45. The van der Waals surface area contributed by atoms with E-state index in [-0.39, 0.29) is 12.1 Å². The van der Waals surface area contributed by atoms with Gasteiger partial charge in [-0.1, -0.05) is 13.0 Å². The molecule has 0 saturated heterocycles. The van der Waals surface area contributed by atoms with Crippen molar-refractivity contribution >= 4 is 5.69 Å². The summed E-state index contributed by atoms with van der Waals surface area (Å²) in [6.45, 7) is 7.80. The van der Waals surface area contributed by atoms with Crippen molar-refractivity contribution in [3.8, 4) is 5.75 Å². The molecule has 0 fully saturated rings. The summed E-state index contributed by atoms with van der Waals surface area (Å²) in [5, 5.41) is 12.9. The van der Waals surface area contributed by atoms with Crippen molar-refractivity contribution in [3.63, 3.8) is 0 Å². The lowest BCUT2D eigenvalue weighted by Crippen LogP contribution is -2.26. The second-order valence-electron chi connectivity index (χ2n) is 5.23. The van der Waals surface area contributed by atoms with Gasteiger partial charge in [0, 0.05) is 30.9 Å². The molecule has 0 aromatic heterocycles. The first kappa shape index (κ1) is 16.8. The summed E-state index contributed by atoms with van der Waals surface area (Å²) < 4.78 is 5.51. The number of nitrogens with zero attached hydrogens (tertiary/aromatic N) is 1. The quantitative estimate of drug-likeness (QED) is 0.768. The third kappa shape index (κ3) is 4.39. The van der Waals surface area contributed by atoms with Gasteiger partial charge in [0.2, 0.25) is 0 Å². The van der Waals surface area contributed by atoms with Crippen molar-refractivity contribution in [1.29, 1.82) is 0 Å². The predicted octanol–water partition coefficient (Wildman–Crippen LogP) is 2.57. The number of nitrogens with one attached hydrogen (secondary N) is 1. The van der Waals surface area contributed by atoms with E-state index in [1.54, 1.807) is 7.11 Å². The van der Waals surface area contributed by atoms with E-state index in [2.05, 4.69) is 37.2 Å². The van der Waals surface area contributed by atoms with Gasteiger partial charge in [0.1, 0.15) is 5.75 Å². The molecular formula is C16H28N2O2. The van der Waals surface area contributed by atoms with Crippen LogP contribution < -0.4 is 15.0 Å². The Balaban J connectivity index is 3.04. The van der Waals surface area contributed by atoms with Crippen LogP contribution in [0.25, 0.3) is 0 Å². The Morgan fingerprint density at radius 1 is 1.35 bits per heavy atom. The van der Waals surface area contributed by atoms with Crippen LogP contribution in [0.3, 0.4) is 0 Å². The first-order valence-electron chi connectivity index (χ1n) is 7.30. The Kier molecular flexibility index (Phi) is 6.82. The van der Waals surface area contributed by atoms with E-state index in [0.29, 0.717) is 0 Å². The number of hydrogen-bond donors (Lipinski definition) is 2. The first-order chi connectivity index (χ1) is 9.51. The third-order valence-corrected chi connectivity index (χ3v) is 3.50. The number of hydrogen-bond acceptors (Lipinski definition) is 4. The fourth-order valence-electron chi connectivity index (χ4n) is 2.39. The largest absolute Gasteiger partial charge is 0.496 e. The van der Waals surface area contributed by atoms with E-state index in [1.165, 1.54) is 5.56 Å². The number of anilines is 1. The fraction of sp³-hybridized carbons (Fsp3) is 0.625. The molecule has 0 radical (unpaired) electrons. The molecule has 2 unspecified atom stereocenters. The van der Waals surface area contributed by atoms with Crippen LogP contribution in [0.2, 0.25) is 0 Å². The standard InChI is InChI=1S/C16H28N2O2/c1-6-17-13(3)16-14(8-7-9-15(16)20-5)18(4)11-10-12(2)19/h7-9,12-13,17,19H,6,10-11H2,1-5H3. The second-order valence-corrected chi connectivity index (χ2v) is 5.23. The molecule has 1 aromatic carbocycles. The van der Waals surface area contributed by atoms with Gasteiger partial charge in [-0.3, -0.25) is 0 Å². The molecule has 4 nitrogen and oxygen atoms in total. The summed E-state index contributed by atoms with van der Waals surface area (Å²) >= 11 is 0. The van der Waals surface area contributed by atoms with Gasteiger partial charge in [-0.05, 0) is 38.9 Å². The molecule has 0 heterocycles. The number of benzene rings is 1. The highest BCUT2D eigenvalue weighted by Crippen LogP contribution is 2.34. The average Bonchev–Trinajstić information content (AvgIpc) is 2.43. The minimum Gasteiger partial charge on any atom is -0.496 e. The van der Waals surface area contributed by atoms with E-state index in [0.717, 1.165) is 30.9 Å². The van der Waals surface area contributed by atoms with Crippen LogP contribution in [0.1, 0.15) is 38.8 Å². The lowest BCUT2D eigenvalue weighted by Gasteiger charge is -2.27. The van der Waals surface area contributed by atoms with Gasteiger partial charge in [-0.2, -0.15) is 0 Å². The summed E-state index contributed by atoms with van der Waals surface area (Å²) in [4.78, 5) is 2.18. The number of ether oxygens (including phenoxy) is 1. The highest BCUT2D eigenvalue weighted by molar-refractivity contribution is 5.60. The van der Waals surface area contributed by atoms with Crippen LogP contribution in [-0.2, 0) is 0 Å². The number of aliphatic hydroxyl groups excluding tert-OH is 1. The monoisotopic (exact) mass is 280 g/mol. The van der Waals surface area contributed by atoms with Gasteiger partial charge >= 0.3 is 0 Å². The SMILES string of the molecule is CCNC(C)c1c(OC)cccc1N(C)CCC(C)O. The third-order valence-electron chi connectivity index (χ3n) is 3.50. The highest BCUT2D eigenvalue weighted by Gasteiger charge is 2.18. The van der Waals surface area contributed by atoms with Gasteiger partial charge in [-0.25, -0.2) is 0 Å². The van der Waals surface area contributed by atoms with Gasteiger partial charge in [0.25, 0.3) is 0 Å². The Morgan fingerprint density at radius 2 is 2.05 bits per heavy atom. The second kappa shape index (κ2) is 8.12. The molecule has 1 rings (SSSR count). The van der Waals surface area contributed by atoms with Crippen LogP contribution in [0, 0.1) is 0 Å². The molecular weight excluding hydrogens is 252 g/mol. The molecule has 0 aliphatic rings. The van der Waals surface area contributed by atoms with Gasteiger partial charge in [-0.15, -0.1) is 0 Å². The van der Waals surface area contributed by atoms with Crippen molar-refractivity contribution in [1.82, 2.24) is 5.32 Å². The fourth-order valence-corrected chi connectivity index (χ4v) is 2.39. The highest BCUT2D eigenvalue weighted by atomic mass is 16.5. The Labute approximate surface area is 122 Å². The van der Waals surface area contributed by atoms with Crippen molar-refractivity contribution in [2.75, 3.05) is 32.1 Å². The lowest BCUT2D eigenvalue weighted by molar-refractivity contribution is 0.187. The molecule has 0 bridgehead atoms. The molecule has 1 aromatic rings. The summed E-state index contributed by atoms with van der Waals surface area (Å²) in [6.07, 6.45) is 0.473. The Hall–Kier alpha value is -1.26. The summed E-state index contributed by atoms with van der Waals surface area (Å²) in [6, 6.07) is 6.33. The van der Waals surface area contributed by atoms with Crippen LogP contribution in [0.5, 0.6) is 5.75 Å². The predicted molar refractivity (Wildman–Crippen MR) is 84.7 cm³/mol. The minimum absolute atomic E-state index is 0.222. The number of rotatable bonds is 8. The topological polar surface area (TPSA) is 44.7 Å². The zero-order valence-corrected chi connectivity index (χ0v) is 13.3. The maximum Gasteiger partial charge on any atom is 0.125 e. The van der Waals surface area contributed by atoms with Gasteiger partial charge in [0.05, 0.1) is 13.2 Å². The Bertz CT molecular complexity index is 407. The molecule has 0 spiro atoms. The van der Waals surface area contributed by atoms with E-state index in [9.17, 15) is 5.11 Å². The normalized spacial score (nSPS) is 13.9. The number of methoxy groups -OCH3 is 1. The Morgan fingerprint density at radius 3 is 2.60 bits per heavy atom. The lowest BCUT2D eigenvalue weighted by atomic mass is 10.0. The molecule has 2 atom stereocenters. The molecule has 2 N–H and O–H groups in total. The van der Waals surface area contributed by atoms with Crippen molar-refractivity contribution in [2.24, 2.45) is 0 Å². The van der Waals surface area contributed by atoms with E-state index in [1.807, 2.05) is 19.1 Å². The first-order valence-corrected chi connectivity index (χ1v) is 7.30. The minimum atomic E-state index is -0.280. The molecule has 0 amide bonds. The van der Waals surface area contributed by atoms with E-state index < -0.39 is 0 Å². The van der Waals surface area contributed by atoms with E-state index >= 15 is 0 Å². The van der Waals surface area contributed by atoms with Crippen molar-refractivity contribution in [2.45, 2.75) is 39.3 Å². The van der Waals surface area contributed by atoms with E-state index in [4.69, 9.17) is 4.74 Å². The summed E-state index contributed by atoms with van der Waals surface area (Å²) in [5.41, 5.74) is 2.32. The maximum atomic E-state index is 9.45. The molecule has 0 aliphatic heterocycles. The zero-order chi connectivity index (χ0) is 15.1. The smallest absolute Gasteiger partial charge is 0.125 e. The van der Waals surface area contributed by atoms with Crippen LogP contribution in [0.4, 0.5) is 5.69 Å². The summed E-state index contributed by atoms with van der Waals surface area (Å²) in [5.74, 6) is 0.903. The molecule has 4 heteroatoms. The van der Waals surface area contributed by atoms with Gasteiger partial charge < -0.3 is 20.1 Å². The van der Waals surface area contributed by atoms with Crippen molar-refractivity contribution in [3.05, 3.63) is 23.8 Å². The average molecular weight is 280 g/mol. The molecule has 114 valence electrons. The van der Waals surface area contributed by atoms with Crippen LogP contribution >= 0.6 is 0 Å². The van der Waals surface area contributed by atoms with Crippen molar-refractivity contribution < 1.29 is 9.84 Å². The molecule has 0 saturated carbocycles. The molecule has 20 heavy (non-hydrogen) atoms. The summed E-state index contributed by atoms with van der Waals surface area (Å²) in [7, 11) is 3.76. The molecule has 0 aliphatic carbocycles.